The van der Waals surface area contributed by atoms with Crippen LogP contribution in [0.5, 0.6) is 0 Å². The van der Waals surface area contributed by atoms with Crippen molar-refractivity contribution in [2.24, 2.45) is 5.92 Å². The fraction of sp³-hybridized carbons (Fsp3) is 0.929. The molecule has 98 valence electrons. The average Bonchev–Trinajstić information content (AvgIpc) is 2.67. The van der Waals surface area contributed by atoms with Crippen molar-refractivity contribution in [1.82, 2.24) is 5.32 Å². The summed E-state index contributed by atoms with van der Waals surface area (Å²) < 4.78 is 5.59. The van der Waals surface area contributed by atoms with E-state index in [9.17, 15) is 4.79 Å². The molecule has 1 aliphatic heterocycles. The van der Waals surface area contributed by atoms with Crippen LogP contribution in [-0.2, 0) is 9.53 Å². The average molecular weight is 239 g/mol. The Morgan fingerprint density at radius 3 is 2.53 bits per heavy atom. The van der Waals surface area contributed by atoms with Gasteiger partial charge in [0.25, 0.3) is 0 Å². The highest BCUT2D eigenvalue weighted by atomic mass is 16.5. The Morgan fingerprint density at radius 2 is 1.94 bits per heavy atom. The quantitative estimate of drug-likeness (QED) is 0.753. The van der Waals surface area contributed by atoms with Gasteiger partial charge in [0.2, 0.25) is 0 Å². The molecule has 1 N–H and O–H groups in total. The number of nitrogens with one attached hydrogen (secondary N) is 1. The number of carbonyl (C=O) groups excluding carboxylic acids is 1. The number of carbonyl (C=O) groups is 1. The lowest BCUT2D eigenvalue weighted by molar-refractivity contribution is -0.153. The Labute approximate surface area is 104 Å². The van der Waals surface area contributed by atoms with Crippen LogP contribution in [0.1, 0.15) is 59.3 Å². The molecule has 0 amide bonds. The van der Waals surface area contributed by atoms with Crippen LogP contribution in [0.2, 0.25) is 0 Å². The predicted octanol–water partition coefficient (Wildman–Crippen LogP) is 2.64. The van der Waals surface area contributed by atoms with Gasteiger partial charge in [-0.15, -0.1) is 0 Å². The van der Waals surface area contributed by atoms with Crippen LogP contribution < -0.4 is 5.32 Å². The predicted molar refractivity (Wildman–Crippen MR) is 67.7 cm³/mol. The number of rotatable bonds is 2. The van der Waals surface area contributed by atoms with Crippen molar-refractivity contribution in [3.05, 3.63) is 0 Å². The van der Waals surface area contributed by atoms with E-state index in [2.05, 4.69) is 26.1 Å². The number of piperidine rings is 1. The van der Waals surface area contributed by atoms with Crippen LogP contribution in [0, 0.1) is 5.92 Å². The molecule has 1 unspecified atom stereocenters. The smallest absolute Gasteiger partial charge is 0.323 e. The van der Waals surface area contributed by atoms with Gasteiger partial charge >= 0.3 is 5.97 Å². The lowest BCUT2D eigenvalue weighted by atomic mass is 9.82. The molecule has 2 fully saturated rings. The molecule has 2 aliphatic rings. The Hall–Kier alpha value is -0.570. The molecule has 0 spiro atoms. The third-order valence-corrected chi connectivity index (χ3v) is 3.93. The van der Waals surface area contributed by atoms with Crippen molar-refractivity contribution in [2.45, 2.75) is 77.0 Å². The van der Waals surface area contributed by atoms with Gasteiger partial charge in [0.05, 0.1) is 0 Å². The lowest BCUT2D eigenvalue weighted by Crippen LogP contribution is -2.55. The zero-order chi connectivity index (χ0) is 12.5. The van der Waals surface area contributed by atoms with Gasteiger partial charge in [0, 0.05) is 5.54 Å². The summed E-state index contributed by atoms with van der Waals surface area (Å²) in [7, 11) is 0. The van der Waals surface area contributed by atoms with Crippen molar-refractivity contribution in [2.75, 3.05) is 0 Å². The molecule has 17 heavy (non-hydrogen) atoms. The molecule has 0 radical (unpaired) electrons. The summed E-state index contributed by atoms with van der Waals surface area (Å²) in [6.07, 6.45) is 6.74. The monoisotopic (exact) mass is 239 g/mol. The molecule has 1 saturated heterocycles. The first-order valence-electron chi connectivity index (χ1n) is 6.94. The van der Waals surface area contributed by atoms with Crippen molar-refractivity contribution < 1.29 is 9.53 Å². The summed E-state index contributed by atoms with van der Waals surface area (Å²) in [5.41, 5.74) is 0.0526. The number of ether oxygens (including phenoxy) is 1. The molecule has 3 heteroatoms. The molecule has 1 aliphatic carbocycles. The van der Waals surface area contributed by atoms with Gasteiger partial charge < -0.3 is 4.74 Å². The first kappa shape index (κ1) is 12.9. The molecule has 0 aromatic carbocycles. The second-order valence-electron chi connectivity index (χ2n) is 6.47. The summed E-state index contributed by atoms with van der Waals surface area (Å²) in [5, 5.41) is 3.42. The van der Waals surface area contributed by atoms with Gasteiger partial charge in [-0.3, -0.25) is 10.1 Å². The maximum absolute atomic E-state index is 12.1. The minimum atomic E-state index is -0.102. The highest BCUT2D eigenvalue weighted by molar-refractivity contribution is 5.76. The lowest BCUT2D eigenvalue weighted by Gasteiger charge is -2.39. The Morgan fingerprint density at radius 1 is 1.29 bits per heavy atom. The third kappa shape index (κ3) is 3.44. The van der Waals surface area contributed by atoms with Crippen molar-refractivity contribution in [3.8, 4) is 0 Å². The Bertz CT molecular complexity index is 282. The maximum atomic E-state index is 12.1. The molecule has 2 atom stereocenters. The molecule has 0 bridgehead atoms. The zero-order valence-corrected chi connectivity index (χ0v) is 11.3. The molecule has 0 aromatic rings. The Kier molecular flexibility index (Phi) is 3.76. The van der Waals surface area contributed by atoms with Crippen LogP contribution in [0.15, 0.2) is 0 Å². The molecule has 1 heterocycles. The number of hydrogen-bond acceptors (Lipinski definition) is 3. The first-order chi connectivity index (χ1) is 7.96. The van der Waals surface area contributed by atoms with Gasteiger partial charge in [-0.05, 0) is 58.3 Å². The second-order valence-corrected chi connectivity index (χ2v) is 6.47. The standard InChI is InChI=1S/C14H25NO2/c1-10-8-12(15-14(2,3)9-10)13(16)17-11-6-4-5-7-11/h10-12,15H,4-9H2,1-3H3/t10?,12-/m0/s1. The minimum absolute atomic E-state index is 0.0310. The van der Waals surface area contributed by atoms with E-state index in [1.165, 1.54) is 12.8 Å². The normalized spacial score (nSPS) is 33.6. The van der Waals surface area contributed by atoms with Crippen LogP contribution in [-0.4, -0.2) is 23.7 Å². The number of esters is 1. The third-order valence-electron chi connectivity index (χ3n) is 3.93. The van der Waals surface area contributed by atoms with E-state index in [0.717, 1.165) is 25.7 Å². The largest absolute Gasteiger partial charge is 0.461 e. The van der Waals surface area contributed by atoms with E-state index < -0.39 is 0 Å². The van der Waals surface area contributed by atoms with E-state index in [-0.39, 0.29) is 23.7 Å². The highest BCUT2D eigenvalue weighted by Gasteiger charge is 2.36. The summed E-state index contributed by atoms with van der Waals surface area (Å²) in [6, 6.07) is -0.102. The fourth-order valence-corrected chi connectivity index (χ4v) is 3.35. The van der Waals surface area contributed by atoms with Gasteiger partial charge in [-0.1, -0.05) is 6.92 Å². The summed E-state index contributed by atoms with van der Waals surface area (Å²) in [6.45, 7) is 6.55. The SMILES string of the molecule is CC1C[C@@H](C(=O)OC2CCCC2)NC(C)(C)C1. The summed E-state index contributed by atoms with van der Waals surface area (Å²) in [5.74, 6) is 0.559. The Balaban J connectivity index is 1.89. The van der Waals surface area contributed by atoms with E-state index in [1.807, 2.05) is 0 Å². The topological polar surface area (TPSA) is 38.3 Å². The molecule has 1 saturated carbocycles. The summed E-state index contributed by atoms with van der Waals surface area (Å²) >= 11 is 0. The summed E-state index contributed by atoms with van der Waals surface area (Å²) in [4.78, 5) is 12.1. The van der Waals surface area contributed by atoms with Crippen LogP contribution in [0.3, 0.4) is 0 Å². The fourth-order valence-electron chi connectivity index (χ4n) is 3.35. The van der Waals surface area contributed by atoms with Crippen LogP contribution in [0.4, 0.5) is 0 Å². The van der Waals surface area contributed by atoms with Crippen LogP contribution in [0.25, 0.3) is 0 Å². The van der Waals surface area contributed by atoms with Crippen molar-refractivity contribution >= 4 is 5.97 Å². The minimum Gasteiger partial charge on any atom is -0.461 e. The van der Waals surface area contributed by atoms with Gasteiger partial charge in [0.1, 0.15) is 12.1 Å². The van der Waals surface area contributed by atoms with E-state index in [1.54, 1.807) is 0 Å². The first-order valence-corrected chi connectivity index (χ1v) is 6.94. The van der Waals surface area contributed by atoms with Crippen molar-refractivity contribution in [3.63, 3.8) is 0 Å². The highest BCUT2D eigenvalue weighted by Crippen LogP contribution is 2.28. The molecular formula is C14H25NO2. The van der Waals surface area contributed by atoms with E-state index in [0.29, 0.717) is 5.92 Å². The molecule has 0 aromatic heterocycles. The molecular weight excluding hydrogens is 214 g/mol. The van der Waals surface area contributed by atoms with E-state index in [4.69, 9.17) is 4.74 Å². The van der Waals surface area contributed by atoms with Gasteiger partial charge in [-0.25, -0.2) is 0 Å². The maximum Gasteiger partial charge on any atom is 0.323 e. The second kappa shape index (κ2) is 4.97. The van der Waals surface area contributed by atoms with Crippen molar-refractivity contribution in [1.29, 1.82) is 0 Å². The van der Waals surface area contributed by atoms with Crippen LogP contribution >= 0.6 is 0 Å². The molecule has 3 nitrogen and oxygen atoms in total. The number of hydrogen-bond donors (Lipinski definition) is 1. The van der Waals surface area contributed by atoms with Gasteiger partial charge in [0.15, 0.2) is 0 Å². The molecule has 2 rings (SSSR count). The van der Waals surface area contributed by atoms with Gasteiger partial charge in [-0.2, -0.15) is 0 Å². The van der Waals surface area contributed by atoms with E-state index >= 15 is 0 Å². The zero-order valence-electron chi connectivity index (χ0n) is 11.3.